The second kappa shape index (κ2) is 7.93. The van der Waals surface area contributed by atoms with Gasteiger partial charge in [-0.3, -0.25) is 10.1 Å². The number of rotatable bonds is 6. The van der Waals surface area contributed by atoms with Crippen molar-refractivity contribution in [3.05, 3.63) is 59.5 Å². The summed E-state index contributed by atoms with van der Waals surface area (Å²) in [6, 6.07) is 13.3. The highest BCUT2D eigenvalue weighted by Gasteiger charge is 2.18. The summed E-state index contributed by atoms with van der Waals surface area (Å²) in [5, 5.41) is 11.1. The molecule has 1 aromatic heterocycles. The Morgan fingerprint density at radius 1 is 1.11 bits per heavy atom. The van der Waals surface area contributed by atoms with Crippen LogP contribution in [-0.2, 0) is 6.42 Å². The molecule has 0 aliphatic carbocycles. The van der Waals surface area contributed by atoms with Gasteiger partial charge in [-0.1, -0.05) is 31.1 Å². The third-order valence-corrected chi connectivity index (χ3v) is 4.99. The SMILES string of the molecule is CC(C)Sc1ccc(Cc2nnc(NC(=O)c3ccc4c(c3)OCO4)o2)cc1. The van der Waals surface area contributed by atoms with Crippen LogP contribution in [-0.4, -0.2) is 28.1 Å². The first kappa shape index (κ1) is 18.4. The van der Waals surface area contributed by atoms with Gasteiger partial charge in [0.15, 0.2) is 11.5 Å². The number of ether oxygens (including phenoxy) is 2. The van der Waals surface area contributed by atoms with Gasteiger partial charge in [-0.2, -0.15) is 0 Å². The quantitative estimate of drug-likeness (QED) is 0.626. The van der Waals surface area contributed by atoms with Gasteiger partial charge in [-0.15, -0.1) is 16.9 Å². The maximum absolute atomic E-state index is 12.4. The van der Waals surface area contributed by atoms with Crippen molar-refractivity contribution >= 4 is 23.7 Å². The van der Waals surface area contributed by atoms with Gasteiger partial charge in [-0.05, 0) is 35.9 Å². The number of carbonyl (C=O) groups excluding carboxylic acids is 1. The molecule has 2 aromatic carbocycles. The Labute approximate surface area is 166 Å². The average molecular weight is 397 g/mol. The predicted molar refractivity (Wildman–Crippen MR) is 105 cm³/mol. The Morgan fingerprint density at radius 3 is 2.68 bits per heavy atom. The topological polar surface area (TPSA) is 86.5 Å². The summed E-state index contributed by atoms with van der Waals surface area (Å²) in [5.74, 6) is 1.24. The third kappa shape index (κ3) is 4.28. The molecule has 144 valence electrons. The molecule has 0 atom stereocenters. The van der Waals surface area contributed by atoms with Crippen LogP contribution >= 0.6 is 11.8 Å². The van der Waals surface area contributed by atoms with E-state index >= 15 is 0 Å². The van der Waals surface area contributed by atoms with Crippen molar-refractivity contribution in [2.24, 2.45) is 0 Å². The fourth-order valence-corrected chi connectivity index (χ4v) is 3.55. The lowest BCUT2D eigenvalue weighted by Gasteiger charge is -2.05. The van der Waals surface area contributed by atoms with Crippen LogP contribution in [0.3, 0.4) is 0 Å². The minimum atomic E-state index is -0.358. The van der Waals surface area contributed by atoms with Crippen LogP contribution in [0.2, 0.25) is 0 Å². The zero-order chi connectivity index (χ0) is 19.5. The van der Waals surface area contributed by atoms with Crippen LogP contribution in [0.5, 0.6) is 11.5 Å². The lowest BCUT2D eigenvalue weighted by atomic mass is 10.1. The molecular formula is C20H19N3O4S. The number of hydrogen-bond donors (Lipinski definition) is 1. The Morgan fingerprint density at radius 2 is 1.89 bits per heavy atom. The number of amides is 1. The lowest BCUT2D eigenvalue weighted by Crippen LogP contribution is -2.12. The molecule has 7 nitrogen and oxygen atoms in total. The molecule has 1 aliphatic rings. The van der Waals surface area contributed by atoms with E-state index < -0.39 is 0 Å². The fraction of sp³-hybridized carbons (Fsp3) is 0.250. The first-order valence-electron chi connectivity index (χ1n) is 8.86. The summed E-state index contributed by atoms with van der Waals surface area (Å²) in [7, 11) is 0. The number of benzene rings is 2. The van der Waals surface area contributed by atoms with Crippen LogP contribution in [0.4, 0.5) is 6.01 Å². The Kier molecular flexibility index (Phi) is 5.21. The molecule has 0 spiro atoms. The number of thioether (sulfide) groups is 1. The van der Waals surface area contributed by atoms with Gasteiger partial charge in [-0.25, -0.2) is 0 Å². The summed E-state index contributed by atoms with van der Waals surface area (Å²) in [4.78, 5) is 13.6. The van der Waals surface area contributed by atoms with E-state index in [9.17, 15) is 4.79 Å². The number of hydrogen-bond acceptors (Lipinski definition) is 7. The van der Waals surface area contributed by atoms with Gasteiger partial charge in [0.2, 0.25) is 12.7 Å². The minimum Gasteiger partial charge on any atom is -0.454 e. The van der Waals surface area contributed by atoms with Crippen molar-refractivity contribution in [1.82, 2.24) is 10.2 Å². The van der Waals surface area contributed by atoms with E-state index in [0.717, 1.165) is 5.56 Å². The smallest absolute Gasteiger partial charge is 0.322 e. The van der Waals surface area contributed by atoms with Gasteiger partial charge in [0.25, 0.3) is 5.91 Å². The molecule has 0 fully saturated rings. The van der Waals surface area contributed by atoms with Gasteiger partial charge in [0.05, 0.1) is 6.42 Å². The highest BCUT2D eigenvalue weighted by molar-refractivity contribution is 7.99. The van der Waals surface area contributed by atoms with Crippen LogP contribution in [0.1, 0.15) is 35.7 Å². The van der Waals surface area contributed by atoms with E-state index in [1.54, 1.807) is 18.2 Å². The first-order valence-corrected chi connectivity index (χ1v) is 9.74. The third-order valence-electron chi connectivity index (χ3n) is 3.97. The van der Waals surface area contributed by atoms with Gasteiger partial charge in [0, 0.05) is 15.7 Å². The maximum atomic E-state index is 12.4. The standard InChI is InChI=1S/C20H19N3O4S/c1-12(2)28-15-6-3-13(4-7-15)9-18-22-23-20(27-18)21-19(24)14-5-8-16-17(10-14)26-11-25-16/h3-8,10,12H,9,11H2,1-2H3,(H,21,23,24). The Hall–Kier alpha value is -3.00. The van der Waals surface area contributed by atoms with Crippen LogP contribution in [0.15, 0.2) is 51.8 Å². The number of carbonyl (C=O) groups is 1. The van der Waals surface area contributed by atoms with E-state index in [1.165, 1.54) is 4.90 Å². The molecule has 4 rings (SSSR count). The van der Waals surface area contributed by atoms with Crippen LogP contribution < -0.4 is 14.8 Å². The predicted octanol–water partition coefficient (Wildman–Crippen LogP) is 4.14. The van der Waals surface area contributed by atoms with E-state index in [2.05, 4.69) is 41.5 Å². The van der Waals surface area contributed by atoms with E-state index in [4.69, 9.17) is 13.9 Å². The lowest BCUT2D eigenvalue weighted by molar-refractivity contribution is 0.102. The summed E-state index contributed by atoms with van der Waals surface area (Å²) in [5.41, 5.74) is 1.48. The fourth-order valence-electron chi connectivity index (χ4n) is 2.72. The summed E-state index contributed by atoms with van der Waals surface area (Å²) >= 11 is 1.81. The minimum absolute atomic E-state index is 0.0599. The second-order valence-corrected chi connectivity index (χ2v) is 8.16. The van der Waals surface area contributed by atoms with Crippen molar-refractivity contribution in [2.45, 2.75) is 30.4 Å². The molecule has 1 amide bonds. The van der Waals surface area contributed by atoms with Crippen molar-refractivity contribution in [3.63, 3.8) is 0 Å². The molecule has 2 heterocycles. The van der Waals surface area contributed by atoms with Crippen molar-refractivity contribution in [3.8, 4) is 11.5 Å². The number of aromatic nitrogens is 2. The monoisotopic (exact) mass is 397 g/mol. The highest BCUT2D eigenvalue weighted by Crippen LogP contribution is 2.32. The van der Waals surface area contributed by atoms with Gasteiger partial charge < -0.3 is 13.9 Å². The zero-order valence-corrected chi connectivity index (χ0v) is 16.3. The summed E-state index contributed by atoms with van der Waals surface area (Å²) < 4.78 is 16.1. The molecular weight excluding hydrogens is 378 g/mol. The van der Waals surface area contributed by atoms with Crippen molar-refractivity contribution in [2.75, 3.05) is 12.1 Å². The molecule has 0 saturated heterocycles. The first-order chi connectivity index (χ1) is 13.6. The Balaban J connectivity index is 1.38. The number of nitrogens with zero attached hydrogens (tertiary/aromatic N) is 2. The molecule has 1 aliphatic heterocycles. The van der Waals surface area contributed by atoms with Gasteiger partial charge in [0.1, 0.15) is 0 Å². The summed E-state index contributed by atoms with van der Waals surface area (Å²) in [6.45, 7) is 4.48. The Bertz CT molecular complexity index is 985. The number of anilines is 1. The van der Waals surface area contributed by atoms with Crippen LogP contribution in [0, 0.1) is 0 Å². The molecule has 28 heavy (non-hydrogen) atoms. The average Bonchev–Trinajstić information content (AvgIpc) is 3.31. The zero-order valence-electron chi connectivity index (χ0n) is 15.5. The highest BCUT2D eigenvalue weighted by atomic mass is 32.2. The van der Waals surface area contributed by atoms with E-state index in [1.807, 2.05) is 23.9 Å². The maximum Gasteiger partial charge on any atom is 0.322 e. The molecule has 3 aromatic rings. The second-order valence-electron chi connectivity index (χ2n) is 6.51. The van der Waals surface area contributed by atoms with E-state index in [-0.39, 0.29) is 18.7 Å². The van der Waals surface area contributed by atoms with E-state index in [0.29, 0.717) is 34.6 Å². The molecule has 0 radical (unpaired) electrons. The number of fused-ring (bicyclic) bond motifs is 1. The molecule has 0 saturated carbocycles. The molecule has 8 heteroatoms. The molecule has 0 bridgehead atoms. The van der Waals surface area contributed by atoms with Gasteiger partial charge >= 0.3 is 6.01 Å². The largest absolute Gasteiger partial charge is 0.454 e. The summed E-state index contributed by atoms with van der Waals surface area (Å²) in [6.07, 6.45) is 0.500. The number of nitrogens with one attached hydrogen (secondary N) is 1. The normalized spacial score (nSPS) is 12.4. The van der Waals surface area contributed by atoms with Crippen molar-refractivity contribution in [1.29, 1.82) is 0 Å². The van der Waals surface area contributed by atoms with Crippen molar-refractivity contribution < 1.29 is 18.7 Å². The molecule has 1 N–H and O–H groups in total. The molecule has 0 unspecified atom stereocenters. The van der Waals surface area contributed by atoms with Crippen LogP contribution in [0.25, 0.3) is 0 Å².